The first-order valence-electron chi connectivity index (χ1n) is 6.63. The minimum absolute atomic E-state index is 0.204. The Morgan fingerprint density at radius 2 is 2.00 bits per heavy atom. The average Bonchev–Trinajstić information content (AvgIpc) is 2.31. The zero-order valence-electron chi connectivity index (χ0n) is 11.2. The minimum Gasteiger partial charge on any atom is -0.491 e. The Kier molecular flexibility index (Phi) is 4.37. The van der Waals surface area contributed by atoms with Crippen LogP contribution in [0, 0.1) is 0 Å². The van der Waals surface area contributed by atoms with Gasteiger partial charge in [-0.1, -0.05) is 12.1 Å². The summed E-state index contributed by atoms with van der Waals surface area (Å²) in [5.74, 6) is 1.27. The van der Waals surface area contributed by atoms with Crippen LogP contribution in [0.3, 0.4) is 0 Å². The van der Waals surface area contributed by atoms with Gasteiger partial charge < -0.3 is 4.74 Å². The molecule has 18 heavy (non-hydrogen) atoms. The summed E-state index contributed by atoms with van der Waals surface area (Å²) in [5.41, 5.74) is 1.24. The summed E-state index contributed by atoms with van der Waals surface area (Å²) in [6.45, 7) is 6.52. The Morgan fingerprint density at radius 3 is 2.61 bits per heavy atom. The van der Waals surface area contributed by atoms with Crippen molar-refractivity contribution in [3.63, 3.8) is 0 Å². The lowest BCUT2D eigenvalue weighted by Crippen LogP contribution is -2.34. The molecule has 3 nitrogen and oxygen atoms in total. The van der Waals surface area contributed by atoms with Crippen LogP contribution in [0.1, 0.15) is 32.3 Å². The molecular formula is C15H21NO2. The van der Waals surface area contributed by atoms with Crippen LogP contribution in [0.5, 0.6) is 5.75 Å². The molecule has 0 radical (unpaired) electrons. The van der Waals surface area contributed by atoms with Crippen molar-refractivity contribution in [1.82, 2.24) is 4.90 Å². The fourth-order valence-electron chi connectivity index (χ4n) is 2.25. The third-order valence-corrected chi connectivity index (χ3v) is 3.03. The summed E-state index contributed by atoms with van der Waals surface area (Å²) in [4.78, 5) is 13.6. The van der Waals surface area contributed by atoms with Crippen molar-refractivity contribution in [3.05, 3.63) is 29.8 Å². The van der Waals surface area contributed by atoms with Crippen LogP contribution in [0.4, 0.5) is 0 Å². The summed E-state index contributed by atoms with van der Waals surface area (Å²) in [7, 11) is 0. The summed E-state index contributed by atoms with van der Waals surface area (Å²) >= 11 is 0. The molecule has 0 atom stereocenters. The van der Waals surface area contributed by atoms with Crippen LogP contribution >= 0.6 is 0 Å². The van der Waals surface area contributed by atoms with E-state index in [1.54, 1.807) is 0 Å². The van der Waals surface area contributed by atoms with Crippen LogP contribution in [0.2, 0.25) is 0 Å². The number of piperidine rings is 1. The van der Waals surface area contributed by atoms with Gasteiger partial charge in [0, 0.05) is 13.0 Å². The van der Waals surface area contributed by atoms with Crippen LogP contribution < -0.4 is 4.74 Å². The number of ether oxygens (including phenoxy) is 1. The minimum atomic E-state index is 0.204. The highest BCUT2D eigenvalue weighted by atomic mass is 16.5. The van der Waals surface area contributed by atoms with E-state index in [1.807, 2.05) is 26.0 Å². The monoisotopic (exact) mass is 247 g/mol. The highest BCUT2D eigenvalue weighted by Gasteiger charge is 2.16. The van der Waals surface area contributed by atoms with Gasteiger partial charge in [0.25, 0.3) is 0 Å². The van der Waals surface area contributed by atoms with Crippen molar-refractivity contribution >= 4 is 5.78 Å². The molecule has 1 aliphatic rings. The maximum Gasteiger partial charge on any atom is 0.146 e. The van der Waals surface area contributed by atoms with Gasteiger partial charge in [0.15, 0.2) is 0 Å². The van der Waals surface area contributed by atoms with Gasteiger partial charge in [-0.15, -0.1) is 0 Å². The van der Waals surface area contributed by atoms with Gasteiger partial charge in [-0.05, 0) is 44.5 Å². The molecule has 0 N–H and O–H groups in total. The highest BCUT2D eigenvalue weighted by Crippen LogP contribution is 2.16. The van der Waals surface area contributed by atoms with Crippen molar-refractivity contribution in [1.29, 1.82) is 0 Å². The van der Waals surface area contributed by atoms with Gasteiger partial charge >= 0.3 is 0 Å². The maximum atomic E-state index is 11.4. The number of hydrogen-bond donors (Lipinski definition) is 0. The quantitative estimate of drug-likeness (QED) is 0.819. The number of likely N-dealkylation sites (tertiary alicyclic amines) is 1. The standard InChI is InChI=1S/C15H21NO2/c1-12(2)18-15-7-5-13(6-8-15)10-16-9-3-4-14(17)11-16/h5-8,12H,3-4,9-11H2,1-2H3. The molecule has 0 aliphatic carbocycles. The number of Topliss-reactive ketones (excluding diaryl/α,β-unsaturated/α-hetero) is 1. The number of carbonyl (C=O) groups is 1. The van der Waals surface area contributed by atoms with E-state index in [9.17, 15) is 4.79 Å². The second kappa shape index (κ2) is 6.01. The summed E-state index contributed by atoms with van der Waals surface area (Å²) < 4.78 is 5.61. The van der Waals surface area contributed by atoms with Gasteiger partial charge in [0.1, 0.15) is 11.5 Å². The highest BCUT2D eigenvalue weighted by molar-refractivity contribution is 5.81. The first-order chi connectivity index (χ1) is 8.63. The van der Waals surface area contributed by atoms with Gasteiger partial charge in [0.05, 0.1) is 12.6 Å². The molecule has 0 saturated carbocycles. The fraction of sp³-hybridized carbons (Fsp3) is 0.533. The molecule has 98 valence electrons. The van der Waals surface area contributed by atoms with E-state index in [0.29, 0.717) is 12.3 Å². The van der Waals surface area contributed by atoms with E-state index >= 15 is 0 Å². The second-order valence-electron chi connectivity index (χ2n) is 5.16. The number of ketones is 1. The van der Waals surface area contributed by atoms with Crippen LogP contribution in [0.15, 0.2) is 24.3 Å². The molecule has 1 aromatic carbocycles. The van der Waals surface area contributed by atoms with Gasteiger partial charge in [-0.25, -0.2) is 0 Å². The van der Waals surface area contributed by atoms with Crippen molar-refractivity contribution < 1.29 is 9.53 Å². The first kappa shape index (κ1) is 13.1. The Bertz CT molecular complexity index is 397. The molecular weight excluding hydrogens is 226 g/mol. The molecule has 3 heteroatoms. The van der Waals surface area contributed by atoms with E-state index in [0.717, 1.165) is 31.7 Å². The summed E-state index contributed by atoms with van der Waals surface area (Å²) in [6, 6.07) is 8.16. The Hall–Kier alpha value is -1.35. The molecule has 2 rings (SSSR count). The molecule has 1 saturated heterocycles. The Balaban J connectivity index is 1.91. The van der Waals surface area contributed by atoms with E-state index in [1.165, 1.54) is 5.56 Å². The van der Waals surface area contributed by atoms with E-state index in [4.69, 9.17) is 4.74 Å². The lowest BCUT2D eigenvalue weighted by Gasteiger charge is -2.25. The van der Waals surface area contributed by atoms with Crippen molar-refractivity contribution in [3.8, 4) is 5.75 Å². The van der Waals surface area contributed by atoms with Crippen molar-refractivity contribution in [2.24, 2.45) is 0 Å². The zero-order chi connectivity index (χ0) is 13.0. The van der Waals surface area contributed by atoms with Crippen LogP contribution in [0.25, 0.3) is 0 Å². The van der Waals surface area contributed by atoms with Gasteiger partial charge in [0.2, 0.25) is 0 Å². The van der Waals surface area contributed by atoms with Gasteiger partial charge in [-0.3, -0.25) is 9.69 Å². The SMILES string of the molecule is CC(C)Oc1ccc(CN2CCCC(=O)C2)cc1. The molecule has 1 aliphatic heterocycles. The maximum absolute atomic E-state index is 11.4. The number of carbonyl (C=O) groups excluding carboxylic acids is 1. The predicted octanol–water partition coefficient (Wildman–Crippen LogP) is 2.64. The van der Waals surface area contributed by atoms with Crippen molar-refractivity contribution in [2.75, 3.05) is 13.1 Å². The van der Waals surface area contributed by atoms with Crippen molar-refractivity contribution in [2.45, 2.75) is 39.3 Å². The van der Waals surface area contributed by atoms with E-state index < -0.39 is 0 Å². The number of hydrogen-bond acceptors (Lipinski definition) is 3. The summed E-state index contributed by atoms with van der Waals surface area (Å²) in [5, 5.41) is 0. The topological polar surface area (TPSA) is 29.5 Å². The zero-order valence-corrected chi connectivity index (χ0v) is 11.2. The molecule has 0 amide bonds. The molecule has 1 heterocycles. The van der Waals surface area contributed by atoms with Gasteiger partial charge in [-0.2, -0.15) is 0 Å². The molecule has 0 unspecified atom stereocenters. The molecule has 0 bridgehead atoms. The van der Waals surface area contributed by atoms with E-state index in [2.05, 4.69) is 17.0 Å². The average molecular weight is 247 g/mol. The predicted molar refractivity (Wildman–Crippen MR) is 71.7 cm³/mol. The van der Waals surface area contributed by atoms with Crippen LogP contribution in [-0.2, 0) is 11.3 Å². The number of nitrogens with zero attached hydrogens (tertiary/aromatic N) is 1. The van der Waals surface area contributed by atoms with E-state index in [-0.39, 0.29) is 6.10 Å². The summed E-state index contributed by atoms with van der Waals surface area (Å²) in [6.07, 6.45) is 1.95. The fourth-order valence-corrected chi connectivity index (χ4v) is 2.25. The second-order valence-corrected chi connectivity index (χ2v) is 5.16. The smallest absolute Gasteiger partial charge is 0.146 e. The lowest BCUT2D eigenvalue weighted by atomic mass is 10.1. The Morgan fingerprint density at radius 1 is 1.28 bits per heavy atom. The normalized spacial score (nSPS) is 17.2. The lowest BCUT2D eigenvalue weighted by molar-refractivity contribution is -0.122. The largest absolute Gasteiger partial charge is 0.491 e. The molecule has 0 aromatic heterocycles. The first-order valence-corrected chi connectivity index (χ1v) is 6.63. The third kappa shape index (κ3) is 3.84. The molecule has 1 aromatic rings. The molecule has 1 fully saturated rings. The molecule has 0 spiro atoms. The Labute approximate surface area is 109 Å². The third-order valence-electron chi connectivity index (χ3n) is 3.03. The van der Waals surface area contributed by atoms with Crippen LogP contribution in [-0.4, -0.2) is 29.9 Å². The number of benzene rings is 1. The number of rotatable bonds is 4.